The summed E-state index contributed by atoms with van der Waals surface area (Å²) in [6.07, 6.45) is 6.47. The molecule has 1 heterocycles. The molecule has 0 aromatic rings. The van der Waals surface area contributed by atoms with E-state index in [1.54, 1.807) is 0 Å². The van der Waals surface area contributed by atoms with Crippen LogP contribution in [0.5, 0.6) is 0 Å². The minimum Gasteiger partial charge on any atom is -0.338 e. The third kappa shape index (κ3) is 2.35. The highest BCUT2D eigenvalue weighted by Crippen LogP contribution is 2.25. The van der Waals surface area contributed by atoms with Gasteiger partial charge in [-0.05, 0) is 32.2 Å². The number of amides is 1. The SMILES string of the molecule is O=C(C=C1CCC1)N1CCCNCC1. The Kier molecular flexibility index (Phi) is 3.19. The molecule has 78 valence electrons. The molecule has 0 spiro atoms. The second-order valence-corrected chi connectivity index (χ2v) is 4.08. The van der Waals surface area contributed by atoms with Crippen molar-refractivity contribution >= 4 is 5.91 Å². The lowest BCUT2D eigenvalue weighted by Crippen LogP contribution is -2.33. The van der Waals surface area contributed by atoms with E-state index in [4.69, 9.17) is 0 Å². The van der Waals surface area contributed by atoms with Crippen molar-refractivity contribution in [1.82, 2.24) is 10.2 Å². The molecule has 1 aliphatic carbocycles. The van der Waals surface area contributed by atoms with Gasteiger partial charge in [0.1, 0.15) is 0 Å². The van der Waals surface area contributed by atoms with Gasteiger partial charge in [0.2, 0.25) is 5.91 Å². The summed E-state index contributed by atoms with van der Waals surface area (Å²) in [4.78, 5) is 13.7. The van der Waals surface area contributed by atoms with Crippen molar-refractivity contribution in [2.24, 2.45) is 0 Å². The zero-order valence-corrected chi connectivity index (χ0v) is 8.59. The lowest BCUT2D eigenvalue weighted by Gasteiger charge is -2.21. The number of carbonyl (C=O) groups excluding carboxylic acids is 1. The molecule has 1 amide bonds. The van der Waals surface area contributed by atoms with Gasteiger partial charge in [0.05, 0.1) is 0 Å². The highest BCUT2D eigenvalue weighted by atomic mass is 16.2. The predicted molar refractivity (Wildman–Crippen MR) is 56.0 cm³/mol. The first-order valence-corrected chi connectivity index (χ1v) is 5.55. The molecule has 1 saturated carbocycles. The van der Waals surface area contributed by atoms with Crippen LogP contribution in [0.4, 0.5) is 0 Å². The average molecular weight is 194 g/mol. The van der Waals surface area contributed by atoms with Gasteiger partial charge in [0.25, 0.3) is 0 Å². The van der Waals surface area contributed by atoms with Gasteiger partial charge >= 0.3 is 0 Å². The molecule has 3 nitrogen and oxygen atoms in total. The summed E-state index contributed by atoms with van der Waals surface area (Å²) in [6.45, 7) is 3.76. The number of hydrogen-bond acceptors (Lipinski definition) is 2. The van der Waals surface area contributed by atoms with Gasteiger partial charge in [-0.25, -0.2) is 0 Å². The third-order valence-corrected chi connectivity index (χ3v) is 2.98. The fourth-order valence-electron chi connectivity index (χ4n) is 1.86. The number of nitrogens with one attached hydrogen (secondary N) is 1. The van der Waals surface area contributed by atoms with E-state index < -0.39 is 0 Å². The standard InChI is InChI=1S/C11H18N2O/c14-11(9-10-3-1-4-10)13-7-2-5-12-6-8-13/h9,12H,1-8H2. The van der Waals surface area contributed by atoms with Crippen LogP contribution in [0.15, 0.2) is 11.6 Å². The third-order valence-electron chi connectivity index (χ3n) is 2.98. The number of hydrogen-bond donors (Lipinski definition) is 1. The first-order valence-electron chi connectivity index (χ1n) is 5.55. The number of rotatable bonds is 1. The number of nitrogens with zero attached hydrogens (tertiary/aromatic N) is 1. The quantitative estimate of drug-likeness (QED) is 0.629. The minimum atomic E-state index is 0.225. The Bertz CT molecular complexity index is 234. The van der Waals surface area contributed by atoms with Crippen molar-refractivity contribution in [3.05, 3.63) is 11.6 Å². The zero-order valence-electron chi connectivity index (χ0n) is 8.59. The Morgan fingerprint density at radius 3 is 2.79 bits per heavy atom. The fraction of sp³-hybridized carbons (Fsp3) is 0.727. The zero-order chi connectivity index (χ0) is 9.80. The van der Waals surface area contributed by atoms with Crippen LogP contribution < -0.4 is 5.32 Å². The molecule has 2 rings (SSSR count). The average Bonchev–Trinajstić information content (AvgIpc) is 2.38. The second kappa shape index (κ2) is 4.60. The Morgan fingerprint density at radius 2 is 2.07 bits per heavy atom. The molecule has 2 fully saturated rings. The van der Waals surface area contributed by atoms with Crippen molar-refractivity contribution in [2.45, 2.75) is 25.7 Å². The highest BCUT2D eigenvalue weighted by Gasteiger charge is 2.16. The monoisotopic (exact) mass is 194 g/mol. The Hall–Kier alpha value is -0.830. The lowest BCUT2D eigenvalue weighted by molar-refractivity contribution is -0.125. The summed E-state index contributed by atoms with van der Waals surface area (Å²) in [6, 6.07) is 0. The summed E-state index contributed by atoms with van der Waals surface area (Å²) in [7, 11) is 0. The molecule has 0 aromatic carbocycles. The number of allylic oxidation sites excluding steroid dienone is 1. The summed E-state index contributed by atoms with van der Waals surface area (Å²) >= 11 is 0. The van der Waals surface area contributed by atoms with Crippen molar-refractivity contribution in [3.63, 3.8) is 0 Å². The van der Waals surface area contributed by atoms with Crippen LogP contribution in [-0.4, -0.2) is 37.0 Å². The van der Waals surface area contributed by atoms with Crippen LogP contribution in [0.1, 0.15) is 25.7 Å². The smallest absolute Gasteiger partial charge is 0.246 e. The topological polar surface area (TPSA) is 32.3 Å². The normalized spacial score (nSPS) is 22.6. The summed E-state index contributed by atoms with van der Waals surface area (Å²) in [5, 5.41) is 3.30. The van der Waals surface area contributed by atoms with E-state index in [9.17, 15) is 4.79 Å². The fourth-order valence-corrected chi connectivity index (χ4v) is 1.86. The van der Waals surface area contributed by atoms with Crippen LogP contribution >= 0.6 is 0 Å². The predicted octanol–water partition coefficient (Wildman–Crippen LogP) is 0.919. The van der Waals surface area contributed by atoms with Crippen molar-refractivity contribution in [1.29, 1.82) is 0 Å². The molecule has 14 heavy (non-hydrogen) atoms. The largest absolute Gasteiger partial charge is 0.338 e. The van der Waals surface area contributed by atoms with Gasteiger partial charge in [0, 0.05) is 25.7 Å². The minimum absolute atomic E-state index is 0.225. The van der Waals surface area contributed by atoms with Gasteiger partial charge in [-0.1, -0.05) is 5.57 Å². The van der Waals surface area contributed by atoms with Crippen LogP contribution in [0, 0.1) is 0 Å². The molecule has 1 N–H and O–H groups in total. The van der Waals surface area contributed by atoms with Crippen LogP contribution in [0.25, 0.3) is 0 Å². The van der Waals surface area contributed by atoms with Gasteiger partial charge in [-0.3, -0.25) is 4.79 Å². The maximum Gasteiger partial charge on any atom is 0.246 e. The van der Waals surface area contributed by atoms with E-state index in [1.807, 2.05) is 11.0 Å². The molecule has 1 saturated heterocycles. The van der Waals surface area contributed by atoms with E-state index >= 15 is 0 Å². The van der Waals surface area contributed by atoms with Gasteiger partial charge < -0.3 is 10.2 Å². The first-order chi connectivity index (χ1) is 6.86. The lowest BCUT2D eigenvalue weighted by atomic mass is 9.92. The summed E-state index contributed by atoms with van der Waals surface area (Å²) in [5.41, 5.74) is 1.34. The van der Waals surface area contributed by atoms with Crippen molar-refractivity contribution in [2.75, 3.05) is 26.2 Å². The Morgan fingerprint density at radius 1 is 1.21 bits per heavy atom. The van der Waals surface area contributed by atoms with Crippen LogP contribution in [-0.2, 0) is 4.79 Å². The van der Waals surface area contributed by atoms with Crippen molar-refractivity contribution < 1.29 is 4.79 Å². The van der Waals surface area contributed by atoms with E-state index in [-0.39, 0.29) is 5.91 Å². The Balaban J connectivity index is 1.88. The van der Waals surface area contributed by atoms with Gasteiger partial charge in [-0.2, -0.15) is 0 Å². The maximum absolute atomic E-state index is 11.8. The first kappa shape index (κ1) is 9.71. The molecule has 2 aliphatic rings. The van der Waals surface area contributed by atoms with Crippen LogP contribution in [0.3, 0.4) is 0 Å². The molecular formula is C11H18N2O. The summed E-state index contributed by atoms with van der Waals surface area (Å²) < 4.78 is 0. The Labute approximate surface area is 85.2 Å². The molecule has 0 unspecified atom stereocenters. The summed E-state index contributed by atoms with van der Waals surface area (Å²) in [5.74, 6) is 0.225. The molecular weight excluding hydrogens is 176 g/mol. The molecule has 0 radical (unpaired) electrons. The van der Waals surface area contributed by atoms with E-state index in [1.165, 1.54) is 12.0 Å². The van der Waals surface area contributed by atoms with E-state index in [2.05, 4.69) is 5.32 Å². The number of carbonyl (C=O) groups is 1. The molecule has 0 aromatic heterocycles. The van der Waals surface area contributed by atoms with E-state index in [0.717, 1.165) is 45.4 Å². The highest BCUT2D eigenvalue weighted by molar-refractivity contribution is 5.88. The van der Waals surface area contributed by atoms with Gasteiger partial charge in [0.15, 0.2) is 0 Å². The molecule has 0 atom stereocenters. The van der Waals surface area contributed by atoms with Gasteiger partial charge in [-0.15, -0.1) is 0 Å². The van der Waals surface area contributed by atoms with Crippen molar-refractivity contribution in [3.8, 4) is 0 Å². The molecule has 3 heteroatoms. The molecule has 1 aliphatic heterocycles. The molecule has 0 bridgehead atoms. The maximum atomic E-state index is 11.8. The second-order valence-electron chi connectivity index (χ2n) is 4.08. The van der Waals surface area contributed by atoms with E-state index in [0.29, 0.717) is 0 Å². The van der Waals surface area contributed by atoms with Crippen LogP contribution in [0.2, 0.25) is 0 Å².